The van der Waals surface area contributed by atoms with Crippen LogP contribution in [0, 0.1) is 5.82 Å². The summed E-state index contributed by atoms with van der Waals surface area (Å²) in [6.07, 6.45) is -3.84. The fraction of sp³-hybridized carbons (Fsp3) is 0.250. The van der Waals surface area contributed by atoms with Crippen molar-refractivity contribution < 1.29 is 26.9 Å². The molecule has 0 aliphatic carbocycles. The molecule has 2 heterocycles. The molecule has 2 aromatic carbocycles. The fourth-order valence-electron chi connectivity index (χ4n) is 3.34. The van der Waals surface area contributed by atoms with E-state index in [1.165, 1.54) is 35.2 Å². The summed E-state index contributed by atoms with van der Waals surface area (Å²) in [5.74, 6) is -0.518. The van der Waals surface area contributed by atoms with Crippen molar-refractivity contribution in [1.82, 2.24) is 15.0 Å². The Morgan fingerprint density at radius 1 is 1.17 bits per heavy atom. The number of halogens is 5. The van der Waals surface area contributed by atoms with Gasteiger partial charge in [-0.05, 0) is 30.7 Å². The van der Waals surface area contributed by atoms with Crippen LogP contribution in [0.4, 0.5) is 17.6 Å². The van der Waals surface area contributed by atoms with Crippen LogP contribution in [0.2, 0.25) is 5.02 Å². The molecule has 0 bridgehead atoms. The lowest BCUT2D eigenvalue weighted by molar-refractivity contribution is -0.137. The van der Waals surface area contributed by atoms with Crippen LogP contribution in [0.5, 0.6) is 0 Å². The van der Waals surface area contributed by atoms with Crippen LogP contribution in [0.25, 0.3) is 11.4 Å². The number of carbonyl (C=O) groups excluding carboxylic acids is 1. The van der Waals surface area contributed by atoms with E-state index in [0.717, 1.165) is 12.1 Å². The predicted octanol–water partition coefficient (Wildman–Crippen LogP) is 5.41. The molecule has 4 rings (SSSR count). The average molecular weight is 440 g/mol. The molecule has 0 radical (unpaired) electrons. The highest BCUT2D eigenvalue weighted by Crippen LogP contribution is 2.36. The minimum Gasteiger partial charge on any atom is -0.337 e. The van der Waals surface area contributed by atoms with E-state index in [2.05, 4.69) is 10.1 Å². The smallest absolute Gasteiger partial charge is 0.337 e. The number of nitrogens with zero attached hydrogens (tertiary/aromatic N) is 3. The van der Waals surface area contributed by atoms with E-state index in [4.69, 9.17) is 16.1 Å². The van der Waals surface area contributed by atoms with Gasteiger partial charge in [0, 0.05) is 22.6 Å². The number of rotatable bonds is 4. The molecule has 1 saturated heterocycles. The summed E-state index contributed by atoms with van der Waals surface area (Å²) >= 11 is 6.07. The van der Waals surface area contributed by atoms with Gasteiger partial charge < -0.3 is 9.42 Å². The summed E-state index contributed by atoms with van der Waals surface area (Å²) in [6, 6.07) is 8.02. The van der Waals surface area contributed by atoms with Gasteiger partial charge >= 0.3 is 6.18 Å². The molecule has 1 amide bonds. The fourth-order valence-corrected chi connectivity index (χ4v) is 3.56. The standard InChI is InChI=1S/C20H14ClF4N3O2/c21-14-2-1-3-15(22)13(14)10-28-16(8-9-17(28)29)19-26-18(27-30-19)11-4-6-12(7-5-11)20(23,24)25/h1-7,16H,8-10H2. The van der Waals surface area contributed by atoms with E-state index in [1.54, 1.807) is 0 Å². The zero-order valence-electron chi connectivity index (χ0n) is 15.3. The van der Waals surface area contributed by atoms with E-state index in [0.29, 0.717) is 12.0 Å². The SMILES string of the molecule is O=C1CCC(c2nc(-c3ccc(C(F)(F)F)cc3)no2)N1Cc1c(F)cccc1Cl. The van der Waals surface area contributed by atoms with Gasteiger partial charge in [0.25, 0.3) is 0 Å². The van der Waals surface area contributed by atoms with Crippen LogP contribution in [-0.2, 0) is 17.5 Å². The first-order valence-electron chi connectivity index (χ1n) is 8.97. The molecule has 1 aliphatic rings. The molecule has 5 nitrogen and oxygen atoms in total. The third-order valence-corrected chi connectivity index (χ3v) is 5.27. The molecular weight excluding hydrogens is 426 g/mol. The lowest BCUT2D eigenvalue weighted by Crippen LogP contribution is -2.28. The van der Waals surface area contributed by atoms with Crippen molar-refractivity contribution >= 4 is 17.5 Å². The first-order chi connectivity index (χ1) is 14.2. The van der Waals surface area contributed by atoms with Crippen molar-refractivity contribution in [1.29, 1.82) is 0 Å². The predicted molar refractivity (Wildman–Crippen MR) is 98.7 cm³/mol. The van der Waals surface area contributed by atoms with Gasteiger partial charge in [-0.25, -0.2) is 4.39 Å². The molecule has 1 atom stereocenters. The summed E-state index contributed by atoms with van der Waals surface area (Å²) in [6.45, 7) is -0.0625. The van der Waals surface area contributed by atoms with Crippen molar-refractivity contribution in [2.75, 3.05) is 0 Å². The highest BCUT2D eigenvalue weighted by molar-refractivity contribution is 6.31. The number of aromatic nitrogens is 2. The maximum absolute atomic E-state index is 14.1. The van der Waals surface area contributed by atoms with E-state index in [1.807, 2.05) is 0 Å². The van der Waals surface area contributed by atoms with Crippen LogP contribution in [0.1, 0.15) is 35.9 Å². The van der Waals surface area contributed by atoms with Crippen LogP contribution >= 0.6 is 11.6 Å². The number of amides is 1. The second-order valence-corrected chi connectivity index (χ2v) is 7.21. The van der Waals surface area contributed by atoms with E-state index < -0.39 is 23.6 Å². The number of hydrogen-bond acceptors (Lipinski definition) is 4. The van der Waals surface area contributed by atoms with Crippen molar-refractivity contribution in [2.45, 2.75) is 31.6 Å². The van der Waals surface area contributed by atoms with Crippen LogP contribution in [0.3, 0.4) is 0 Å². The van der Waals surface area contributed by atoms with Crippen LogP contribution < -0.4 is 0 Å². The van der Waals surface area contributed by atoms with E-state index in [9.17, 15) is 22.4 Å². The Balaban J connectivity index is 1.58. The van der Waals surface area contributed by atoms with Crippen molar-refractivity contribution in [3.05, 3.63) is 70.3 Å². The number of carbonyl (C=O) groups is 1. The van der Waals surface area contributed by atoms with E-state index >= 15 is 0 Å². The molecule has 10 heteroatoms. The summed E-state index contributed by atoms with van der Waals surface area (Å²) in [5.41, 5.74) is -0.266. The van der Waals surface area contributed by atoms with Gasteiger partial charge in [0.1, 0.15) is 11.9 Å². The lowest BCUT2D eigenvalue weighted by Gasteiger charge is -2.22. The third kappa shape index (κ3) is 3.89. The number of likely N-dealkylation sites (tertiary alicyclic amines) is 1. The van der Waals surface area contributed by atoms with Gasteiger partial charge in [-0.2, -0.15) is 18.2 Å². The van der Waals surface area contributed by atoms with Crippen molar-refractivity contribution in [2.24, 2.45) is 0 Å². The summed E-state index contributed by atoms with van der Waals surface area (Å²) in [5, 5.41) is 4.02. The topological polar surface area (TPSA) is 59.2 Å². The largest absolute Gasteiger partial charge is 0.416 e. The van der Waals surface area contributed by atoms with Crippen molar-refractivity contribution in [3.63, 3.8) is 0 Å². The second kappa shape index (κ2) is 7.71. The molecule has 1 aromatic heterocycles. The second-order valence-electron chi connectivity index (χ2n) is 6.81. The average Bonchev–Trinajstić information content (AvgIpc) is 3.31. The Morgan fingerprint density at radius 3 is 2.57 bits per heavy atom. The first-order valence-corrected chi connectivity index (χ1v) is 9.35. The quantitative estimate of drug-likeness (QED) is 0.510. The maximum atomic E-state index is 14.1. The lowest BCUT2D eigenvalue weighted by atomic mass is 10.1. The summed E-state index contributed by atoms with van der Waals surface area (Å²) in [4.78, 5) is 18.0. The molecule has 1 unspecified atom stereocenters. The highest BCUT2D eigenvalue weighted by Gasteiger charge is 2.37. The molecular formula is C20H14ClF4N3O2. The van der Waals surface area contributed by atoms with E-state index in [-0.39, 0.29) is 41.2 Å². The maximum Gasteiger partial charge on any atom is 0.416 e. The van der Waals surface area contributed by atoms with Gasteiger partial charge in [-0.15, -0.1) is 0 Å². The van der Waals surface area contributed by atoms with Gasteiger partial charge in [-0.1, -0.05) is 35.0 Å². The third-order valence-electron chi connectivity index (χ3n) is 4.92. The molecule has 0 saturated carbocycles. The zero-order valence-corrected chi connectivity index (χ0v) is 16.0. The molecule has 1 fully saturated rings. The monoisotopic (exact) mass is 439 g/mol. The minimum atomic E-state index is -4.44. The first kappa shape index (κ1) is 20.3. The molecule has 1 aliphatic heterocycles. The number of hydrogen-bond donors (Lipinski definition) is 0. The molecule has 0 spiro atoms. The Labute approximate surface area is 173 Å². The van der Waals surface area contributed by atoms with Crippen LogP contribution in [0.15, 0.2) is 47.0 Å². The minimum absolute atomic E-state index is 0.0625. The van der Waals surface area contributed by atoms with Gasteiger partial charge in [0.2, 0.25) is 17.6 Å². The number of alkyl halides is 3. The molecule has 0 N–H and O–H groups in total. The molecule has 3 aromatic rings. The Kier molecular flexibility index (Phi) is 5.23. The van der Waals surface area contributed by atoms with Crippen LogP contribution in [-0.4, -0.2) is 20.9 Å². The van der Waals surface area contributed by atoms with Crippen molar-refractivity contribution in [3.8, 4) is 11.4 Å². The Bertz CT molecular complexity index is 1060. The Morgan fingerprint density at radius 2 is 1.90 bits per heavy atom. The Hall–Kier alpha value is -2.94. The number of benzene rings is 2. The van der Waals surface area contributed by atoms with Gasteiger partial charge in [0.05, 0.1) is 12.1 Å². The summed E-state index contributed by atoms with van der Waals surface area (Å²) in [7, 11) is 0. The highest BCUT2D eigenvalue weighted by atomic mass is 35.5. The molecule has 30 heavy (non-hydrogen) atoms. The van der Waals surface area contributed by atoms with Gasteiger partial charge in [-0.3, -0.25) is 4.79 Å². The van der Waals surface area contributed by atoms with Gasteiger partial charge in [0.15, 0.2) is 0 Å². The zero-order chi connectivity index (χ0) is 21.5. The molecule has 156 valence electrons. The normalized spacial score (nSPS) is 17.0. The summed E-state index contributed by atoms with van der Waals surface area (Å²) < 4.78 is 57.6.